The predicted molar refractivity (Wildman–Crippen MR) is 102 cm³/mol. The van der Waals surface area contributed by atoms with E-state index < -0.39 is 0 Å². The van der Waals surface area contributed by atoms with E-state index in [9.17, 15) is 4.79 Å². The monoisotopic (exact) mass is 354 g/mol. The van der Waals surface area contributed by atoms with Crippen LogP contribution in [0.1, 0.15) is 18.1 Å². The van der Waals surface area contributed by atoms with Crippen molar-refractivity contribution < 1.29 is 4.79 Å². The van der Waals surface area contributed by atoms with E-state index in [-0.39, 0.29) is 11.9 Å². The van der Waals surface area contributed by atoms with Gasteiger partial charge in [0, 0.05) is 29.5 Å². The molecule has 0 aliphatic carbocycles. The molecule has 0 aliphatic heterocycles. The number of halogens is 1. The molecular formula is C19H19ClN4O. The molecule has 2 N–H and O–H groups in total. The fourth-order valence-electron chi connectivity index (χ4n) is 2.20. The van der Waals surface area contributed by atoms with Gasteiger partial charge in [-0.25, -0.2) is 9.78 Å². The van der Waals surface area contributed by atoms with Gasteiger partial charge in [-0.2, -0.15) is 0 Å². The van der Waals surface area contributed by atoms with Crippen LogP contribution in [0.2, 0.25) is 0 Å². The van der Waals surface area contributed by atoms with Gasteiger partial charge in [0.2, 0.25) is 0 Å². The number of imidazole rings is 1. The van der Waals surface area contributed by atoms with Crippen LogP contribution in [0.15, 0.2) is 73.0 Å². The molecule has 0 radical (unpaired) electrons. The van der Waals surface area contributed by atoms with Crippen LogP contribution >= 0.6 is 11.6 Å². The molecule has 1 heterocycles. The van der Waals surface area contributed by atoms with E-state index in [4.69, 9.17) is 17.0 Å². The second kappa shape index (κ2) is 8.80. The molecule has 128 valence electrons. The smallest absolute Gasteiger partial charge is 0.308 e. The lowest BCUT2D eigenvalue weighted by Gasteiger charge is -2.12. The lowest BCUT2D eigenvalue weighted by Crippen LogP contribution is -2.26. The molecule has 25 heavy (non-hydrogen) atoms. The Bertz CT molecular complexity index is 835. The summed E-state index contributed by atoms with van der Waals surface area (Å²) in [5.41, 5.74) is 3.03. The van der Waals surface area contributed by atoms with Gasteiger partial charge >= 0.3 is 6.03 Å². The average molecular weight is 355 g/mol. The highest BCUT2D eigenvalue weighted by atomic mass is 35.5. The van der Waals surface area contributed by atoms with Crippen molar-refractivity contribution in [1.29, 1.82) is 5.41 Å². The number of amides is 1. The van der Waals surface area contributed by atoms with Crippen molar-refractivity contribution in [3.05, 3.63) is 84.1 Å². The lowest BCUT2D eigenvalue weighted by atomic mass is 9.97. The summed E-state index contributed by atoms with van der Waals surface area (Å²) in [6.07, 6.45) is 9.64. The Balaban J connectivity index is 2.26. The number of rotatable bonds is 6. The van der Waals surface area contributed by atoms with Crippen LogP contribution in [0.3, 0.4) is 0 Å². The summed E-state index contributed by atoms with van der Waals surface area (Å²) in [6.45, 7) is 5.58. The molecule has 0 aliphatic rings. The van der Waals surface area contributed by atoms with Gasteiger partial charge in [0.25, 0.3) is 0 Å². The maximum atomic E-state index is 12.1. The zero-order valence-corrected chi connectivity index (χ0v) is 14.6. The maximum Gasteiger partial charge on any atom is 0.331 e. The highest BCUT2D eigenvalue weighted by Crippen LogP contribution is 2.17. The number of allylic oxidation sites excluding steroid dienone is 3. The highest BCUT2D eigenvalue weighted by Gasteiger charge is 2.12. The van der Waals surface area contributed by atoms with Crippen LogP contribution < -0.4 is 5.32 Å². The Kier molecular flexibility index (Phi) is 6.48. The maximum absolute atomic E-state index is 12.1. The SMILES string of the molecule is C=Cc1ccccc1C(=N)C(=CC(=CC)NC(=O)n1ccnc1)CCl. The van der Waals surface area contributed by atoms with Crippen molar-refractivity contribution in [2.24, 2.45) is 0 Å². The van der Waals surface area contributed by atoms with Gasteiger partial charge in [0.15, 0.2) is 0 Å². The van der Waals surface area contributed by atoms with Gasteiger partial charge in [-0.3, -0.25) is 9.98 Å². The lowest BCUT2D eigenvalue weighted by molar-refractivity contribution is 0.245. The van der Waals surface area contributed by atoms with Crippen LogP contribution in [0.4, 0.5) is 4.79 Å². The van der Waals surface area contributed by atoms with Crippen LogP contribution in [0, 0.1) is 5.41 Å². The van der Waals surface area contributed by atoms with Gasteiger partial charge in [-0.15, -0.1) is 11.6 Å². The van der Waals surface area contributed by atoms with E-state index in [0.29, 0.717) is 17.0 Å². The molecule has 1 amide bonds. The van der Waals surface area contributed by atoms with Crippen molar-refractivity contribution >= 4 is 29.4 Å². The zero-order chi connectivity index (χ0) is 18.2. The Morgan fingerprint density at radius 2 is 2.20 bits per heavy atom. The number of alkyl halides is 1. The number of hydrogen-bond donors (Lipinski definition) is 2. The van der Waals surface area contributed by atoms with Crippen molar-refractivity contribution in [2.45, 2.75) is 6.92 Å². The molecule has 0 fully saturated rings. The van der Waals surface area contributed by atoms with Gasteiger partial charge in [0.1, 0.15) is 6.33 Å². The third-order valence-corrected chi connectivity index (χ3v) is 3.83. The first-order chi connectivity index (χ1) is 12.1. The van der Waals surface area contributed by atoms with E-state index >= 15 is 0 Å². The van der Waals surface area contributed by atoms with Gasteiger partial charge < -0.3 is 5.32 Å². The second-order valence-electron chi connectivity index (χ2n) is 5.11. The molecule has 1 aromatic heterocycles. The van der Waals surface area contributed by atoms with Gasteiger partial charge in [0.05, 0.1) is 5.71 Å². The van der Waals surface area contributed by atoms with Crippen molar-refractivity contribution in [1.82, 2.24) is 14.9 Å². The van der Waals surface area contributed by atoms with Gasteiger partial charge in [-0.05, 0) is 24.1 Å². The van der Waals surface area contributed by atoms with E-state index in [1.807, 2.05) is 24.3 Å². The van der Waals surface area contributed by atoms with Crippen molar-refractivity contribution in [3.8, 4) is 0 Å². The highest BCUT2D eigenvalue weighted by molar-refractivity contribution is 6.26. The molecule has 0 saturated heterocycles. The molecule has 5 nitrogen and oxygen atoms in total. The summed E-state index contributed by atoms with van der Waals surface area (Å²) in [4.78, 5) is 16.0. The average Bonchev–Trinajstić information content (AvgIpc) is 3.19. The van der Waals surface area contributed by atoms with E-state index in [2.05, 4.69) is 16.9 Å². The number of aromatic nitrogens is 2. The summed E-state index contributed by atoms with van der Waals surface area (Å²) in [5.74, 6) is 0.141. The molecule has 6 heteroatoms. The molecule has 0 spiro atoms. The molecular weight excluding hydrogens is 336 g/mol. The Labute approximate surface area is 151 Å². The molecule has 0 atom stereocenters. The Morgan fingerprint density at radius 1 is 1.44 bits per heavy atom. The van der Waals surface area contributed by atoms with E-state index in [1.54, 1.807) is 31.3 Å². The first-order valence-electron chi connectivity index (χ1n) is 7.63. The largest absolute Gasteiger partial charge is 0.331 e. The number of nitrogens with zero attached hydrogens (tertiary/aromatic N) is 2. The van der Waals surface area contributed by atoms with Crippen molar-refractivity contribution in [3.63, 3.8) is 0 Å². The van der Waals surface area contributed by atoms with E-state index in [0.717, 1.165) is 11.1 Å². The first kappa shape index (κ1) is 18.4. The zero-order valence-electron chi connectivity index (χ0n) is 13.9. The molecule has 0 saturated carbocycles. The minimum absolute atomic E-state index is 0.141. The quantitative estimate of drug-likeness (QED) is 0.463. The fourth-order valence-corrected chi connectivity index (χ4v) is 2.41. The fraction of sp³-hybridized carbons (Fsp3) is 0.105. The third-order valence-electron chi connectivity index (χ3n) is 3.55. The summed E-state index contributed by atoms with van der Waals surface area (Å²) in [5, 5.41) is 11.2. The first-order valence-corrected chi connectivity index (χ1v) is 8.17. The summed E-state index contributed by atoms with van der Waals surface area (Å²) in [6, 6.07) is 7.15. The van der Waals surface area contributed by atoms with Crippen LogP contribution in [-0.4, -0.2) is 27.2 Å². The molecule has 2 aromatic rings. The van der Waals surface area contributed by atoms with E-state index in [1.165, 1.54) is 17.1 Å². The summed E-state index contributed by atoms with van der Waals surface area (Å²) >= 11 is 6.05. The Morgan fingerprint density at radius 3 is 2.80 bits per heavy atom. The van der Waals surface area contributed by atoms with Crippen LogP contribution in [0.25, 0.3) is 6.08 Å². The predicted octanol–water partition coefficient (Wildman–Crippen LogP) is 4.22. The molecule has 0 unspecified atom stereocenters. The number of carbonyl (C=O) groups excluding carboxylic acids is 1. The minimum Gasteiger partial charge on any atom is -0.308 e. The summed E-state index contributed by atoms with van der Waals surface area (Å²) < 4.78 is 1.33. The molecule has 1 aromatic carbocycles. The summed E-state index contributed by atoms with van der Waals surface area (Å²) in [7, 11) is 0. The Hall–Kier alpha value is -2.92. The van der Waals surface area contributed by atoms with Crippen molar-refractivity contribution in [2.75, 3.05) is 5.88 Å². The topological polar surface area (TPSA) is 70.8 Å². The number of nitrogens with one attached hydrogen (secondary N) is 2. The van der Waals surface area contributed by atoms with Crippen LogP contribution in [-0.2, 0) is 0 Å². The number of hydrogen-bond acceptors (Lipinski definition) is 3. The second-order valence-corrected chi connectivity index (χ2v) is 5.38. The van der Waals surface area contributed by atoms with Gasteiger partial charge in [-0.1, -0.05) is 43.0 Å². The molecule has 0 bridgehead atoms. The standard InChI is InChI=1S/C19H19ClN4O/c1-3-14-7-5-6-8-17(14)18(21)15(12-20)11-16(4-2)23-19(25)24-10-9-22-13-24/h3-11,13,21H,1,12H2,2H3,(H,23,25). The van der Waals surface area contributed by atoms with Crippen LogP contribution in [0.5, 0.6) is 0 Å². The molecule has 2 rings (SSSR count). The number of benzene rings is 1. The third kappa shape index (κ3) is 4.55. The number of carbonyl (C=O) groups is 1. The minimum atomic E-state index is -0.339. The normalized spacial score (nSPS) is 11.9.